The van der Waals surface area contributed by atoms with Gasteiger partial charge in [0.2, 0.25) is 0 Å². The summed E-state index contributed by atoms with van der Waals surface area (Å²) in [5, 5.41) is 59.2. The molecule has 25 atom stereocenters. The average molecular weight is 1060 g/mol. The molecule has 7 fully saturated rings. The molecule has 4 aliphatic carbocycles. The zero-order valence-electron chi connectivity index (χ0n) is 45.6. The molecule has 0 aromatic carbocycles. The molecule has 20 heteroatoms. The first kappa shape index (κ1) is 58.1. The second-order valence-electron chi connectivity index (χ2n) is 22.9. The van der Waals surface area contributed by atoms with Crippen LogP contribution in [0.25, 0.3) is 0 Å². The number of aliphatic hydroxyl groups is 5. The van der Waals surface area contributed by atoms with Crippen molar-refractivity contribution in [3.05, 3.63) is 23.3 Å². The Kier molecular flexibility index (Phi) is 17.5. The number of allylic oxidation sites excluding steroid dienone is 1. The summed E-state index contributed by atoms with van der Waals surface area (Å²) in [6, 6.07) is 0. The molecule has 4 saturated heterocycles. The predicted molar refractivity (Wildman–Crippen MR) is 261 cm³/mol. The Morgan fingerprint density at radius 2 is 1.19 bits per heavy atom. The van der Waals surface area contributed by atoms with Crippen LogP contribution in [0.2, 0.25) is 0 Å². The lowest BCUT2D eigenvalue weighted by Crippen LogP contribution is -2.78. The fourth-order valence-electron chi connectivity index (χ4n) is 14.5. The zero-order chi connectivity index (χ0) is 54.0. The third kappa shape index (κ3) is 9.82. The topological polar surface area (TPSA) is 255 Å². The first-order valence-electron chi connectivity index (χ1n) is 26.8. The van der Waals surface area contributed by atoms with E-state index >= 15 is 0 Å². The summed E-state index contributed by atoms with van der Waals surface area (Å²) in [7, 11) is 6.24. The molecule has 74 heavy (non-hydrogen) atoms. The number of ketones is 1. The zero-order valence-corrected chi connectivity index (χ0v) is 45.6. The van der Waals surface area contributed by atoms with Crippen molar-refractivity contribution >= 4 is 11.8 Å². The highest BCUT2D eigenvalue weighted by molar-refractivity contribution is 5.89. The Morgan fingerprint density at radius 1 is 0.662 bits per heavy atom. The van der Waals surface area contributed by atoms with Gasteiger partial charge in [-0.05, 0) is 106 Å². The molecule has 0 amide bonds. The molecule has 3 saturated carbocycles. The number of carbonyl (C=O) groups is 2. The highest BCUT2D eigenvalue weighted by Crippen LogP contribution is 2.71. The predicted octanol–water partition coefficient (Wildman–Crippen LogP) is 3.46. The van der Waals surface area contributed by atoms with Gasteiger partial charge in [0.1, 0.15) is 59.5 Å². The molecule has 0 aromatic rings. The summed E-state index contributed by atoms with van der Waals surface area (Å²) in [6.07, 6.45) is -6.19. The van der Waals surface area contributed by atoms with Crippen molar-refractivity contribution in [1.29, 1.82) is 0 Å². The molecule has 5 N–H and O–H groups in total. The molecule has 8 rings (SSSR count). The summed E-state index contributed by atoms with van der Waals surface area (Å²) in [4.78, 5) is 26.6. The monoisotopic (exact) mass is 1050 g/mol. The summed E-state index contributed by atoms with van der Waals surface area (Å²) < 4.78 is 80.8. The summed E-state index contributed by atoms with van der Waals surface area (Å²) in [5.41, 5.74) is -6.57. The van der Waals surface area contributed by atoms with Crippen LogP contribution in [0.4, 0.5) is 0 Å². The number of esters is 1. The molecule has 0 spiro atoms. The Balaban J connectivity index is 0.874. The smallest absolute Gasteiger partial charge is 0.333 e. The number of fused-ring (bicyclic) bond motifs is 5. The van der Waals surface area contributed by atoms with Crippen LogP contribution in [0.15, 0.2) is 23.3 Å². The molecule has 0 radical (unpaired) electrons. The normalized spacial score (nSPS) is 50.8. The van der Waals surface area contributed by atoms with Gasteiger partial charge in [-0.25, -0.2) is 4.79 Å². The van der Waals surface area contributed by atoms with Crippen LogP contribution in [-0.4, -0.2) is 199 Å². The van der Waals surface area contributed by atoms with Gasteiger partial charge in [0.05, 0.1) is 54.2 Å². The van der Waals surface area contributed by atoms with Crippen LogP contribution in [0, 0.1) is 16.7 Å². The molecule has 0 unspecified atom stereocenters. The van der Waals surface area contributed by atoms with E-state index < -0.39 is 156 Å². The van der Waals surface area contributed by atoms with Crippen LogP contribution in [0.5, 0.6) is 0 Å². The van der Waals surface area contributed by atoms with Gasteiger partial charge in [-0.2, -0.15) is 0 Å². The number of aliphatic hydroxyl groups excluding tert-OH is 2. The van der Waals surface area contributed by atoms with E-state index in [4.69, 9.17) is 61.6 Å². The van der Waals surface area contributed by atoms with E-state index in [1.54, 1.807) is 55.1 Å². The Bertz CT molecular complexity index is 2060. The average Bonchev–Trinajstić information content (AvgIpc) is 3.60. The third-order valence-corrected chi connectivity index (χ3v) is 19.2. The second-order valence-corrected chi connectivity index (χ2v) is 22.9. The van der Waals surface area contributed by atoms with Gasteiger partial charge < -0.3 is 87.1 Å². The summed E-state index contributed by atoms with van der Waals surface area (Å²) in [5.74, 6) is -1.70. The van der Waals surface area contributed by atoms with Crippen molar-refractivity contribution in [2.75, 3.05) is 28.4 Å². The molecule has 20 nitrogen and oxygen atoms in total. The van der Waals surface area contributed by atoms with Crippen molar-refractivity contribution < 1.29 is 96.7 Å². The van der Waals surface area contributed by atoms with Crippen molar-refractivity contribution in [2.24, 2.45) is 16.7 Å². The van der Waals surface area contributed by atoms with Crippen molar-refractivity contribution in [2.45, 2.75) is 260 Å². The minimum atomic E-state index is -2.02. The molecule has 4 heterocycles. The van der Waals surface area contributed by atoms with E-state index in [-0.39, 0.29) is 31.8 Å². The first-order valence-corrected chi connectivity index (χ1v) is 26.8. The van der Waals surface area contributed by atoms with Gasteiger partial charge in [0.15, 0.2) is 30.9 Å². The molecule has 4 aliphatic heterocycles. The Hall–Kier alpha value is -2.06. The number of methoxy groups -OCH3 is 4. The van der Waals surface area contributed by atoms with Gasteiger partial charge >= 0.3 is 5.97 Å². The van der Waals surface area contributed by atoms with Crippen molar-refractivity contribution in [3.63, 3.8) is 0 Å². The maximum atomic E-state index is 13.4. The summed E-state index contributed by atoms with van der Waals surface area (Å²) >= 11 is 0. The van der Waals surface area contributed by atoms with E-state index in [9.17, 15) is 35.1 Å². The van der Waals surface area contributed by atoms with Crippen LogP contribution in [-0.2, 0) is 71.2 Å². The van der Waals surface area contributed by atoms with E-state index in [0.717, 1.165) is 5.57 Å². The fourth-order valence-corrected chi connectivity index (χ4v) is 14.5. The standard InChI is InChI=1S/C54H86O20/c1-14-26(2)48(58)71-38-25-37-50(8)17-16-33(21-32(50)15-18-53(37,60)54(61)20-19-52(59,31(7)55)51(38,54)9)70-39-22-34(62-10)44(28(4)66-39)72-40-23-35(63-11)45(29(5)67-40)73-41-24-36(64-12)46(30(6)68-41)74-49-43(57)47(65-13)42(56)27(3)69-49/h14-15,27-30,33-47,49,56-57,59-61H,16-25H2,1-13H3/b26-14+/t27-,28+,29+,30+,33+,34+,35+,36+,37+,38+,39-,40-,41-,42-,43-,44+,45+,46+,47+,49+,50-,51+,52+,53+,54-/m0/s1. The second kappa shape index (κ2) is 22.2. The van der Waals surface area contributed by atoms with E-state index in [1.165, 1.54) is 14.0 Å². The molecule has 0 bridgehead atoms. The van der Waals surface area contributed by atoms with Crippen LogP contribution >= 0.6 is 0 Å². The van der Waals surface area contributed by atoms with Crippen molar-refractivity contribution in [1.82, 2.24) is 0 Å². The Labute approximate surface area is 435 Å². The molecule has 422 valence electrons. The van der Waals surface area contributed by atoms with Gasteiger partial charge in [-0.3, -0.25) is 4.79 Å². The van der Waals surface area contributed by atoms with E-state index in [0.29, 0.717) is 44.1 Å². The number of rotatable bonds is 15. The molecule has 0 aromatic heterocycles. The lowest BCUT2D eigenvalue weighted by molar-refractivity contribution is -0.356. The van der Waals surface area contributed by atoms with Crippen molar-refractivity contribution in [3.8, 4) is 0 Å². The maximum Gasteiger partial charge on any atom is 0.333 e. The minimum absolute atomic E-state index is 0.0386. The van der Waals surface area contributed by atoms with Crippen LogP contribution in [0.3, 0.4) is 0 Å². The molecular formula is C54H86O20. The number of ether oxygens (including phenoxy) is 13. The van der Waals surface area contributed by atoms with Gasteiger partial charge in [-0.15, -0.1) is 0 Å². The minimum Gasteiger partial charge on any atom is -0.458 e. The van der Waals surface area contributed by atoms with Crippen LogP contribution in [0.1, 0.15) is 127 Å². The first-order chi connectivity index (χ1) is 34.9. The third-order valence-electron chi connectivity index (χ3n) is 19.2. The number of Topliss-reactive ketones (excluding diaryl/α,β-unsaturated/α-hetero) is 1. The number of carbonyl (C=O) groups excluding carboxylic acids is 2. The van der Waals surface area contributed by atoms with Gasteiger partial charge in [0, 0.05) is 59.2 Å². The highest BCUT2D eigenvalue weighted by Gasteiger charge is 2.81. The van der Waals surface area contributed by atoms with Gasteiger partial charge in [-0.1, -0.05) is 24.6 Å². The quantitative estimate of drug-likeness (QED) is 0.0894. The van der Waals surface area contributed by atoms with E-state index in [1.807, 2.05) is 26.8 Å². The summed E-state index contributed by atoms with van der Waals surface area (Å²) in [6.45, 7) is 15.7. The fraction of sp³-hybridized carbons (Fsp3) is 0.889. The maximum absolute atomic E-state index is 13.4. The van der Waals surface area contributed by atoms with Crippen LogP contribution < -0.4 is 0 Å². The van der Waals surface area contributed by atoms with Gasteiger partial charge in [0.25, 0.3) is 0 Å². The van der Waals surface area contributed by atoms with E-state index in [2.05, 4.69) is 6.92 Å². The molecule has 8 aliphatic rings. The lowest BCUT2D eigenvalue weighted by Gasteiger charge is -2.67. The Morgan fingerprint density at radius 3 is 1.69 bits per heavy atom. The SMILES string of the molecule is C/C=C(\C)C(=O)O[C@@H]1C[C@@H]2[C@@]3(C)CC[C@@H](O[C@H]4C[C@@H](OC)[C@H](O[C@H]5C[C@@H](OC)[C@H](O[C@H]6C[C@@H](OC)[C@H](O[C@H]7O[C@@H](C)[C@H](O)[C@@H](OC)[C@@H]7O)[C@@H](C)O6)[C@@H](C)O5)[C@@H](C)O4)CC3=CC[C@]2(O)[C@]2(O)CC[C@@](O)(C(C)=O)[C@@]12C. The largest absolute Gasteiger partial charge is 0.458 e. The molecular weight excluding hydrogens is 969 g/mol. The highest BCUT2D eigenvalue weighted by atomic mass is 16.8. The number of hydrogen-bond acceptors (Lipinski definition) is 20. The lowest BCUT2D eigenvalue weighted by atomic mass is 9.42. The number of hydrogen-bond donors (Lipinski definition) is 5.